The Morgan fingerprint density at radius 2 is 2.12 bits per heavy atom. The summed E-state index contributed by atoms with van der Waals surface area (Å²) in [7, 11) is 0. The van der Waals surface area contributed by atoms with Gasteiger partial charge in [0.15, 0.2) is 0 Å². The molecule has 1 nitrogen and oxygen atoms in total. The van der Waals surface area contributed by atoms with Gasteiger partial charge in [0, 0.05) is 21.6 Å². The lowest BCUT2D eigenvalue weighted by Crippen LogP contribution is -1.79. The van der Waals surface area contributed by atoms with E-state index in [0.29, 0.717) is 0 Å². The first-order valence-corrected chi connectivity index (χ1v) is 6.35. The minimum atomic E-state index is 1.08. The number of pyridine rings is 1. The van der Waals surface area contributed by atoms with Gasteiger partial charge in [0.2, 0.25) is 0 Å². The molecule has 2 aromatic heterocycles. The van der Waals surface area contributed by atoms with Gasteiger partial charge in [-0.15, -0.1) is 11.3 Å². The summed E-state index contributed by atoms with van der Waals surface area (Å²) in [4.78, 5) is 6.93. The Bertz CT molecular complexity index is 545. The minimum absolute atomic E-state index is 1.08. The first kappa shape index (κ1) is 9.79. The fourth-order valence-electron chi connectivity index (χ4n) is 1.70. The van der Waals surface area contributed by atoms with Crippen molar-refractivity contribution in [3.63, 3.8) is 0 Å². The third-order valence-corrected chi connectivity index (χ3v) is 3.77. The van der Waals surface area contributed by atoms with Gasteiger partial charge in [-0.05, 0) is 55.7 Å². The van der Waals surface area contributed by atoms with Gasteiger partial charge < -0.3 is 0 Å². The normalized spacial score (nSPS) is 13.9. The van der Waals surface area contributed by atoms with Gasteiger partial charge in [0.25, 0.3) is 0 Å². The van der Waals surface area contributed by atoms with E-state index in [4.69, 9.17) is 0 Å². The zero-order valence-electron chi connectivity index (χ0n) is 9.23. The molecule has 3 rings (SSSR count). The van der Waals surface area contributed by atoms with Crippen molar-refractivity contribution in [3.8, 4) is 10.4 Å². The molecule has 1 aliphatic rings. The smallest absolute Gasteiger partial charge is 0.0379 e. The average molecular weight is 227 g/mol. The van der Waals surface area contributed by atoms with E-state index in [1.807, 2.05) is 24.5 Å². The number of rotatable bonds is 2. The molecule has 0 aromatic carbocycles. The van der Waals surface area contributed by atoms with Gasteiger partial charge in [-0.3, -0.25) is 4.98 Å². The van der Waals surface area contributed by atoms with Crippen LogP contribution in [0.15, 0.2) is 36.0 Å². The molecule has 0 N–H and O–H groups in total. The number of allylic oxidation sites excluding steroid dienone is 1. The number of aryl methyl sites for hydroxylation is 1. The van der Waals surface area contributed by atoms with E-state index in [1.54, 1.807) is 5.57 Å². The molecule has 1 fully saturated rings. The second-order valence-electron chi connectivity index (χ2n) is 4.19. The molecule has 1 saturated carbocycles. The lowest BCUT2D eigenvalue weighted by molar-refractivity contribution is 1.20. The van der Waals surface area contributed by atoms with E-state index in [0.717, 1.165) is 5.69 Å². The van der Waals surface area contributed by atoms with E-state index in [9.17, 15) is 0 Å². The van der Waals surface area contributed by atoms with Crippen LogP contribution in [0.1, 0.15) is 23.4 Å². The second-order valence-corrected chi connectivity index (χ2v) is 5.31. The van der Waals surface area contributed by atoms with Crippen molar-refractivity contribution in [2.45, 2.75) is 19.8 Å². The van der Waals surface area contributed by atoms with Gasteiger partial charge in [-0.2, -0.15) is 0 Å². The van der Waals surface area contributed by atoms with Gasteiger partial charge in [-0.25, -0.2) is 0 Å². The molecule has 2 heteroatoms. The van der Waals surface area contributed by atoms with Crippen molar-refractivity contribution in [1.82, 2.24) is 4.98 Å². The van der Waals surface area contributed by atoms with Crippen LogP contribution in [0.4, 0.5) is 0 Å². The van der Waals surface area contributed by atoms with Crippen molar-refractivity contribution in [2.24, 2.45) is 0 Å². The van der Waals surface area contributed by atoms with Crippen LogP contribution in [0.3, 0.4) is 0 Å². The Hall–Kier alpha value is -1.41. The molecule has 0 atom stereocenters. The van der Waals surface area contributed by atoms with Crippen molar-refractivity contribution in [2.75, 3.05) is 0 Å². The third kappa shape index (κ3) is 2.07. The number of thiophene rings is 1. The molecule has 0 radical (unpaired) electrons. The quantitative estimate of drug-likeness (QED) is 0.745. The molecule has 0 bridgehead atoms. The predicted octanol–water partition coefficient (Wildman–Crippen LogP) is 4.30. The Labute approximate surface area is 99.5 Å². The summed E-state index contributed by atoms with van der Waals surface area (Å²) in [5.41, 5.74) is 3.94. The molecule has 0 spiro atoms. The fraction of sp³-hybridized carbons (Fsp3) is 0.214. The van der Waals surface area contributed by atoms with Crippen LogP contribution in [0.25, 0.3) is 16.5 Å². The molecular weight excluding hydrogens is 214 g/mol. The highest BCUT2D eigenvalue weighted by molar-refractivity contribution is 7.16. The zero-order valence-corrected chi connectivity index (χ0v) is 10.1. The summed E-state index contributed by atoms with van der Waals surface area (Å²) < 4.78 is 0. The summed E-state index contributed by atoms with van der Waals surface area (Å²) in [6, 6.07) is 8.63. The maximum absolute atomic E-state index is 4.22. The lowest BCUT2D eigenvalue weighted by Gasteiger charge is -1.97. The first-order chi connectivity index (χ1) is 7.81. The Morgan fingerprint density at radius 3 is 2.88 bits per heavy atom. The highest BCUT2D eigenvalue weighted by Gasteiger charge is 2.11. The molecule has 2 aromatic rings. The molecule has 2 heterocycles. The minimum Gasteiger partial charge on any atom is -0.262 e. The van der Waals surface area contributed by atoms with Crippen LogP contribution in [-0.2, 0) is 0 Å². The number of hydrogen-bond donors (Lipinski definition) is 0. The van der Waals surface area contributed by atoms with E-state index in [2.05, 4.69) is 35.3 Å². The molecular formula is C14H13NS. The third-order valence-electron chi connectivity index (χ3n) is 2.69. The highest BCUT2D eigenvalue weighted by Crippen LogP contribution is 2.34. The van der Waals surface area contributed by atoms with Gasteiger partial charge in [-0.1, -0.05) is 5.57 Å². The first-order valence-electron chi connectivity index (χ1n) is 5.53. The predicted molar refractivity (Wildman–Crippen MR) is 69.5 cm³/mol. The molecule has 0 unspecified atom stereocenters. The molecule has 0 amide bonds. The summed E-state index contributed by atoms with van der Waals surface area (Å²) in [6.45, 7) is 2.03. The SMILES string of the molecule is Cc1cc(-c2ccc(C=C3CC3)s2)ccn1. The monoisotopic (exact) mass is 227 g/mol. The van der Waals surface area contributed by atoms with Crippen molar-refractivity contribution < 1.29 is 0 Å². The number of nitrogens with zero attached hydrogens (tertiary/aromatic N) is 1. The Kier molecular flexibility index (Phi) is 2.37. The van der Waals surface area contributed by atoms with Crippen LogP contribution >= 0.6 is 11.3 Å². The second kappa shape index (κ2) is 3.87. The summed E-state index contributed by atoms with van der Waals surface area (Å²) in [5, 5.41) is 0. The largest absolute Gasteiger partial charge is 0.262 e. The Morgan fingerprint density at radius 1 is 1.25 bits per heavy atom. The molecule has 16 heavy (non-hydrogen) atoms. The highest BCUT2D eigenvalue weighted by atomic mass is 32.1. The summed E-state index contributed by atoms with van der Waals surface area (Å²) in [5.74, 6) is 0. The summed E-state index contributed by atoms with van der Waals surface area (Å²) >= 11 is 1.86. The van der Waals surface area contributed by atoms with E-state index in [-0.39, 0.29) is 0 Å². The Balaban J connectivity index is 1.94. The van der Waals surface area contributed by atoms with Gasteiger partial charge >= 0.3 is 0 Å². The van der Waals surface area contributed by atoms with Crippen molar-refractivity contribution in [3.05, 3.63) is 46.6 Å². The summed E-state index contributed by atoms with van der Waals surface area (Å²) in [6.07, 6.45) is 6.79. The van der Waals surface area contributed by atoms with E-state index >= 15 is 0 Å². The topological polar surface area (TPSA) is 12.9 Å². The van der Waals surface area contributed by atoms with Crippen molar-refractivity contribution in [1.29, 1.82) is 0 Å². The number of aromatic nitrogens is 1. The maximum atomic E-state index is 4.22. The zero-order chi connectivity index (χ0) is 11.0. The van der Waals surface area contributed by atoms with Gasteiger partial charge in [0.1, 0.15) is 0 Å². The lowest BCUT2D eigenvalue weighted by atomic mass is 10.2. The standard InChI is InChI=1S/C14H13NS/c1-10-8-12(6-7-15-10)14-5-4-13(16-14)9-11-2-3-11/h4-9H,2-3H2,1H3. The van der Waals surface area contributed by atoms with Crippen LogP contribution in [-0.4, -0.2) is 4.98 Å². The average Bonchev–Trinajstić information content (AvgIpc) is 2.94. The molecule has 1 aliphatic carbocycles. The van der Waals surface area contributed by atoms with Crippen molar-refractivity contribution >= 4 is 17.4 Å². The molecule has 0 aliphatic heterocycles. The van der Waals surface area contributed by atoms with Crippen LogP contribution in [0.5, 0.6) is 0 Å². The maximum Gasteiger partial charge on any atom is 0.0379 e. The molecule has 0 saturated heterocycles. The van der Waals surface area contributed by atoms with E-state index < -0.39 is 0 Å². The van der Waals surface area contributed by atoms with E-state index in [1.165, 1.54) is 28.2 Å². The van der Waals surface area contributed by atoms with Crippen LogP contribution < -0.4 is 0 Å². The molecule has 80 valence electrons. The van der Waals surface area contributed by atoms with Crippen LogP contribution in [0, 0.1) is 6.92 Å². The van der Waals surface area contributed by atoms with Crippen LogP contribution in [0.2, 0.25) is 0 Å². The number of hydrogen-bond acceptors (Lipinski definition) is 2. The fourth-order valence-corrected chi connectivity index (χ4v) is 2.70. The van der Waals surface area contributed by atoms with Gasteiger partial charge in [0.05, 0.1) is 0 Å².